The molecule has 0 aromatic rings. The zero-order valence-corrected chi connectivity index (χ0v) is 9.41. The first-order valence-corrected chi connectivity index (χ1v) is 5.35. The fourth-order valence-corrected chi connectivity index (χ4v) is 2.92. The highest BCUT2D eigenvalue weighted by Crippen LogP contribution is 2.56. The van der Waals surface area contributed by atoms with E-state index in [2.05, 4.69) is 0 Å². The molecule has 2 fully saturated rings. The lowest BCUT2D eigenvalue weighted by molar-refractivity contribution is -0.143. The third-order valence-corrected chi connectivity index (χ3v) is 3.45. The van der Waals surface area contributed by atoms with Crippen LogP contribution in [0.25, 0.3) is 0 Å². The Morgan fingerprint density at radius 1 is 1.47 bits per heavy atom. The van der Waals surface area contributed by atoms with Gasteiger partial charge in [-0.15, -0.1) is 0 Å². The van der Waals surface area contributed by atoms with Gasteiger partial charge in [-0.2, -0.15) is 0 Å². The fraction of sp³-hybridized carbons (Fsp3) is 0.818. The van der Waals surface area contributed by atoms with Crippen molar-refractivity contribution >= 4 is 11.9 Å². The molecule has 4 nitrogen and oxygen atoms in total. The van der Waals surface area contributed by atoms with Crippen LogP contribution in [0.4, 0.5) is 0 Å². The molecule has 0 bridgehead atoms. The number of likely N-dealkylation sites (tertiary alicyclic amines) is 1. The van der Waals surface area contributed by atoms with Gasteiger partial charge in [0.2, 0.25) is 5.91 Å². The Morgan fingerprint density at radius 2 is 2.00 bits per heavy atom. The van der Waals surface area contributed by atoms with Gasteiger partial charge in [0.05, 0.1) is 11.5 Å². The highest BCUT2D eigenvalue weighted by atomic mass is 16.4. The summed E-state index contributed by atoms with van der Waals surface area (Å²) < 4.78 is 0. The number of nitrogens with zero attached hydrogens (tertiary/aromatic N) is 1. The van der Waals surface area contributed by atoms with Gasteiger partial charge in [0.25, 0.3) is 0 Å². The average Bonchev–Trinajstić information content (AvgIpc) is 2.70. The average molecular weight is 211 g/mol. The van der Waals surface area contributed by atoms with Crippen LogP contribution in [0.5, 0.6) is 0 Å². The summed E-state index contributed by atoms with van der Waals surface area (Å²) in [5.41, 5.74) is -0.626. The summed E-state index contributed by atoms with van der Waals surface area (Å²) in [4.78, 5) is 24.8. The van der Waals surface area contributed by atoms with Crippen molar-refractivity contribution in [2.24, 2.45) is 5.92 Å². The maximum Gasteiger partial charge on any atom is 0.309 e. The summed E-state index contributed by atoms with van der Waals surface area (Å²) in [6, 6.07) is 0. The Bertz CT molecular complexity index is 325. The van der Waals surface area contributed by atoms with Crippen LogP contribution < -0.4 is 0 Å². The monoisotopic (exact) mass is 211 g/mol. The Labute approximate surface area is 89.3 Å². The van der Waals surface area contributed by atoms with Crippen molar-refractivity contribution in [3.8, 4) is 0 Å². The quantitative estimate of drug-likeness (QED) is 0.710. The van der Waals surface area contributed by atoms with E-state index in [0.717, 1.165) is 12.8 Å². The van der Waals surface area contributed by atoms with Crippen molar-refractivity contribution in [1.29, 1.82) is 0 Å². The van der Waals surface area contributed by atoms with E-state index < -0.39 is 11.9 Å². The Kier molecular flexibility index (Phi) is 1.91. The molecule has 1 aliphatic heterocycles. The Morgan fingerprint density at radius 3 is 2.33 bits per heavy atom. The SMILES string of the molecule is CC(C)(C)N1C(=O)CC(C(=O)O)C12CC2. The minimum atomic E-state index is -0.826. The lowest BCUT2D eigenvalue weighted by atomic mass is 9.95. The number of hydrogen-bond donors (Lipinski definition) is 1. The molecule has 1 saturated heterocycles. The third kappa shape index (κ3) is 1.34. The highest BCUT2D eigenvalue weighted by molar-refractivity contribution is 5.89. The molecule has 4 heteroatoms. The number of hydrogen-bond acceptors (Lipinski definition) is 2. The summed E-state index contributed by atoms with van der Waals surface area (Å²) in [7, 11) is 0. The van der Waals surface area contributed by atoms with Gasteiger partial charge < -0.3 is 10.0 Å². The van der Waals surface area contributed by atoms with Crippen molar-refractivity contribution in [3.63, 3.8) is 0 Å². The first-order valence-electron chi connectivity index (χ1n) is 5.35. The van der Waals surface area contributed by atoms with Crippen LogP contribution in [0, 0.1) is 5.92 Å². The number of aliphatic carboxylic acids is 1. The number of carbonyl (C=O) groups is 2. The van der Waals surface area contributed by atoms with E-state index in [1.165, 1.54) is 0 Å². The van der Waals surface area contributed by atoms with E-state index in [-0.39, 0.29) is 23.4 Å². The second kappa shape index (κ2) is 2.74. The Hall–Kier alpha value is -1.06. The molecule has 0 aromatic heterocycles. The standard InChI is InChI=1S/C11H17NO3/c1-10(2,3)12-8(13)6-7(9(14)15)11(12)4-5-11/h7H,4-6H2,1-3H3,(H,14,15). The molecule has 15 heavy (non-hydrogen) atoms. The van der Waals surface area contributed by atoms with E-state index in [9.17, 15) is 9.59 Å². The normalized spacial score (nSPS) is 28.6. The van der Waals surface area contributed by atoms with Gasteiger partial charge in [-0.05, 0) is 33.6 Å². The van der Waals surface area contributed by atoms with Gasteiger partial charge in [-0.3, -0.25) is 9.59 Å². The van der Waals surface area contributed by atoms with E-state index >= 15 is 0 Å². The minimum Gasteiger partial charge on any atom is -0.481 e. The predicted octanol–water partition coefficient (Wildman–Crippen LogP) is 1.25. The van der Waals surface area contributed by atoms with Crippen LogP contribution in [0.3, 0.4) is 0 Å². The molecule has 1 spiro atoms. The summed E-state index contributed by atoms with van der Waals surface area (Å²) in [5.74, 6) is -1.33. The second-order valence-electron chi connectivity index (χ2n) is 5.60. The molecule has 1 N–H and O–H groups in total. The number of carboxylic acids is 1. The van der Waals surface area contributed by atoms with Crippen LogP contribution in [0.1, 0.15) is 40.0 Å². The fourth-order valence-electron chi connectivity index (χ4n) is 2.92. The molecule has 0 aromatic carbocycles. The molecule has 2 rings (SSSR count). The predicted molar refractivity (Wildman–Crippen MR) is 54.3 cm³/mol. The lowest BCUT2D eigenvalue weighted by Gasteiger charge is -2.38. The van der Waals surface area contributed by atoms with Crippen LogP contribution in [-0.2, 0) is 9.59 Å². The number of amides is 1. The topological polar surface area (TPSA) is 57.6 Å². The van der Waals surface area contributed by atoms with Crippen molar-refractivity contribution in [2.75, 3.05) is 0 Å². The van der Waals surface area contributed by atoms with Crippen LogP contribution in [0.15, 0.2) is 0 Å². The van der Waals surface area contributed by atoms with Crippen molar-refractivity contribution < 1.29 is 14.7 Å². The zero-order valence-electron chi connectivity index (χ0n) is 9.41. The largest absolute Gasteiger partial charge is 0.481 e. The first-order chi connectivity index (χ1) is 6.79. The van der Waals surface area contributed by atoms with Crippen molar-refractivity contribution in [1.82, 2.24) is 4.90 Å². The van der Waals surface area contributed by atoms with Crippen LogP contribution in [0.2, 0.25) is 0 Å². The molecule has 2 aliphatic rings. The van der Waals surface area contributed by atoms with Gasteiger partial charge in [0.1, 0.15) is 0 Å². The summed E-state index contributed by atoms with van der Waals surface area (Å²) in [6.45, 7) is 5.90. The summed E-state index contributed by atoms with van der Waals surface area (Å²) >= 11 is 0. The zero-order chi connectivity index (χ0) is 11.4. The molecule has 1 atom stereocenters. The van der Waals surface area contributed by atoms with Gasteiger partial charge in [0.15, 0.2) is 0 Å². The summed E-state index contributed by atoms with van der Waals surface area (Å²) in [5, 5.41) is 9.11. The molecule has 0 radical (unpaired) electrons. The Balaban J connectivity index is 2.35. The van der Waals surface area contributed by atoms with Crippen LogP contribution >= 0.6 is 0 Å². The smallest absolute Gasteiger partial charge is 0.309 e. The van der Waals surface area contributed by atoms with E-state index in [1.54, 1.807) is 4.90 Å². The van der Waals surface area contributed by atoms with Crippen molar-refractivity contribution in [3.05, 3.63) is 0 Å². The molecular formula is C11H17NO3. The first kappa shape index (κ1) is 10.5. The van der Waals surface area contributed by atoms with Gasteiger partial charge >= 0.3 is 5.97 Å². The maximum atomic E-state index is 11.9. The van der Waals surface area contributed by atoms with Crippen LogP contribution in [-0.4, -0.2) is 33.0 Å². The molecule has 84 valence electrons. The highest BCUT2D eigenvalue weighted by Gasteiger charge is 2.65. The second-order valence-corrected chi connectivity index (χ2v) is 5.60. The lowest BCUT2D eigenvalue weighted by Crippen LogP contribution is -2.50. The van der Waals surface area contributed by atoms with Gasteiger partial charge in [-0.1, -0.05) is 0 Å². The van der Waals surface area contributed by atoms with E-state index in [0.29, 0.717) is 0 Å². The molecule has 1 amide bonds. The minimum absolute atomic E-state index is 0.00704. The third-order valence-electron chi connectivity index (χ3n) is 3.45. The van der Waals surface area contributed by atoms with E-state index in [4.69, 9.17) is 5.11 Å². The molecule has 1 heterocycles. The number of carboxylic acid groups (broad SMARTS) is 1. The maximum absolute atomic E-state index is 11.9. The number of carbonyl (C=O) groups excluding carboxylic acids is 1. The number of rotatable bonds is 1. The molecule has 1 unspecified atom stereocenters. The van der Waals surface area contributed by atoms with E-state index in [1.807, 2.05) is 20.8 Å². The molecule has 1 aliphatic carbocycles. The van der Waals surface area contributed by atoms with Crippen molar-refractivity contribution in [2.45, 2.75) is 51.1 Å². The van der Waals surface area contributed by atoms with Gasteiger partial charge in [0, 0.05) is 12.0 Å². The molecular weight excluding hydrogens is 194 g/mol. The summed E-state index contributed by atoms with van der Waals surface area (Å²) in [6.07, 6.45) is 1.85. The molecule has 1 saturated carbocycles. The van der Waals surface area contributed by atoms with Gasteiger partial charge in [-0.25, -0.2) is 0 Å².